The molecular weight excluding hydrogens is 257 g/mol. The van der Waals surface area contributed by atoms with Gasteiger partial charge in [-0.1, -0.05) is 29.3 Å². The highest BCUT2D eigenvalue weighted by Crippen LogP contribution is 2.34. The number of benzene rings is 2. The number of nitriles is 1. The number of hydrogen-bond acceptors (Lipinski definition) is 2. The van der Waals surface area contributed by atoms with Crippen molar-refractivity contribution in [1.29, 1.82) is 5.26 Å². The molecule has 4 heteroatoms. The maximum Gasteiger partial charge on any atom is 0.147 e. The third-order valence-electron chi connectivity index (χ3n) is 2.04. The Balaban J connectivity index is 2.32. The molecule has 0 aromatic heterocycles. The molecule has 0 amide bonds. The Morgan fingerprint density at radius 1 is 1.24 bits per heavy atom. The van der Waals surface area contributed by atoms with Crippen LogP contribution in [0.5, 0.6) is 11.5 Å². The summed E-state index contributed by atoms with van der Waals surface area (Å²) in [6.45, 7) is 0. The first-order chi connectivity index (χ1) is 8.20. The van der Waals surface area contributed by atoms with Crippen molar-refractivity contribution in [2.45, 2.75) is 0 Å². The topological polar surface area (TPSA) is 33.0 Å². The summed E-state index contributed by atoms with van der Waals surface area (Å²) in [5.41, 5.74) is 0.497. The maximum absolute atomic E-state index is 8.76. The molecule has 2 aromatic rings. The summed E-state index contributed by atoms with van der Waals surface area (Å²) in [6.07, 6.45) is 0. The summed E-state index contributed by atoms with van der Waals surface area (Å²) in [4.78, 5) is 0. The van der Waals surface area contributed by atoms with E-state index in [0.29, 0.717) is 27.1 Å². The molecule has 0 spiro atoms. The number of halogens is 2. The van der Waals surface area contributed by atoms with Crippen molar-refractivity contribution in [3.8, 4) is 17.6 Å². The van der Waals surface area contributed by atoms with Gasteiger partial charge in [-0.15, -0.1) is 0 Å². The third-order valence-corrected chi connectivity index (χ3v) is 2.84. The van der Waals surface area contributed by atoms with Gasteiger partial charge >= 0.3 is 0 Å². The molecule has 2 nitrogen and oxygen atoms in total. The van der Waals surface area contributed by atoms with Crippen LogP contribution in [0, 0.1) is 17.4 Å². The van der Waals surface area contributed by atoms with E-state index in [0.717, 1.165) is 0 Å². The molecular formula is C13H6Cl2NO. The summed E-state index contributed by atoms with van der Waals surface area (Å²) < 4.78 is 5.51. The van der Waals surface area contributed by atoms with Gasteiger partial charge < -0.3 is 4.74 Å². The number of nitrogens with zero attached hydrogens (tertiary/aromatic N) is 1. The molecule has 0 aliphatic rings. The fourth-order valence-corrected chi connectivity index (χ4v) is 1.58. The largest absolute Gasteiger partial charge is 0.455 e. The fraction of sp³-hybridized carbons (Fsp3) is 0. The maximum atomic E-state index is 8.76. The van der Waals surface area contributed by atoms with Crippen LogP contribution < -0.4 is 4.74 Å². The molecule has 0 atom stereocenters. The molecule has 0 saturated heterocycles. The first-order valence-corrected chi connectivity index (χ1v) is 5.50. The highest BCUT2D eigenvalue weighted by molar-refractivity contribution is 6.42. The van der Waals surface area contributed by atoms with E-state index < -0.39 is 0 Å². The fourth-order valence-electron chi connectivity index (χ4n) is 1.25. The third kappa shape index (κ3) is 2.71. The zero-order chi connectivity index (χ0) is 12.3. The molecule has 0 N–H and O–H groups in total. The lowest BCUT2D eigenvalue weighted by atomic mass is 10.2. The zero-order valence-electron chi connectivity index (χ0n) is 8.58. The van der Waals surface area contributed by atoms with E-state index in [2.05, 4.69) is 6.07 Å². The SMILES string of the molecule is N#Cc1cc[c]c(Oc2cccc(Cl)c2Cl)c1. The molecule has 83 valence electrons. The Labute approximate surface area is 109 Å². The molecule has 0 bridgehead atoms. The lowest BCUT2D eigenvalue weighted by Crippen LogP contribution is -1.86. The minimum atomic E-state index is 0.338. The van der Waals surface area contributed by atoms with E-state index in [4.69, 9.17) is 33.2 Å². The summed E-state index contributed by atoms with van der Waals surface area (Å²) in [6, 6.07) is 14.8. The molecule has 0 aliphatic heterocycles. The van der Waals surface area contributed by atoms with Gasteiger partial charge in [-0.2, -0.15) is 5.26 Å². The van der Waals surface area contributed by atoms with Crippen LogP contribution in [0.1, 0.15) is 5.56 Å². The van der Waals surface area contributed by atoms with E-state index in [9.17, 15) is 0 Å². The van der Waals surface area contributed by atoms with Gasteiger partial charge in [-0.3, -0.25) is 0 Å². The molecule has 0 unspecified atom stereocenters. The van der Waals surface area contributed by atoms with Crippen molar-refractivity contribution in [3.63, 3.8) is 0 Å². The van der Waals surface area contributed by atoms with Gasteiger partial charge in [0, 0.05) is 6.07 Å². The van der Waals surface area contributed by atoms with Gasteiger partial charge in [0.25, 0.3) is 0 Å². The second-order valence-electron chi connectivity index (χ2n) is 3.21. The Bertz CT molecular complexity index is 590. The molecule has 2 aromatic carbocycles. The van der Waals surface area contributed by atoms with Crippen LogP contribution in [-0.4, -0.2) is 0 Å². The molecule has 17 heavy (non-hydrogen) atoms. The minimum Gasteiger partial charge on any atom is -0.455 e. The highest BCUT2D eigenvalue weighted by atomic mass is 35.5. The van der Waals surface area contributed by atoms with Crippen molar-refractivity contribution in [2.75, 3.05) is 0 Å². The first kappa shape index (κ1) is 11.8. The molecule has 2 rings (SSSR count). The Morgan fingerprint density at radius 2 is 2.06 bits per heavy atom. The molecule has 0 aliphatic carbocycles. The Hall–Kier alpha value is -1.69. The van der Waals surface area contributed by atoms with E-state index in [1.54, 1.807) is 36.4 Å². The van der Waals surface area contributed by atoms with Crippen LogP contribution in [-0.2, 0) is 0 Å². The monoisotopic (exact) mass is 262 g/mol. The zero-order valence-corrected chi connectivity index (χ0v) is 10.1. The van der Waals surface area contributed by atoms with E-state index in [-0.39, 0.29) is 0 Å². The van der Waals surface area contributed by atoms with Gasteiger partial charge in [0.2, 0.25) is 0 Å². The van der Waals surface area contributed by atoms with Crippen LogP contribution in [0.2, 0.25) is 10.0 Å². The van der Waals surface area contributed by atoms with E-state index in [1.165, 1.54) is 0 Å². The molecule has 1 radical (unpaired) electrons. The van der Waals surface area contributed by atoms with Crippen LogP contribution in [0.25, 0.3) is 0 Å². The van der Waals surface area contributed by atoms with Crippen LogP contribution >= 0.6 is 23.2 Å². The van der Waals surface area contributed by atoms with Crippen molar-refractivity contribution in [1.82, 2.24) is 0 Å². The second kappa shape index (κ2) is 5.09. The normalized spacial score (nSPS) is 9.71. The number of hydrogen-bond donors (Lipinski definition) is 0. The van der Waals surface area contributed by atoms with Crippen LogP contribution in [0.3, 0.4) is 0 Å². The minimum absolute atomic E-state index is 0.338. The van der Waals surface area contributed by atoms with E-state index >= 15 is 0 Å². The van der Waals surface area contributed by atoms with Crippen molar-refractivity contribution in [3.05, 3.63) is 58.1 Å². The van der Waals surface area contributed by atoms with Gasteiger partial charge in [-0.25, -0.2) is 0 Å². The summed E-state index contributed by atoms with van der Waals surface area (Å²) in [5, 5.41) is 9.52. The average Bonchev–Trinajstić information content (AvgIpc) is 2.35. The Kier molecular flexibility index (Phi) is 3.53. The molecule has 0 heterocycles. The van der Waals surface area contributed by atoms with Crippen LogP contribution in [0.15, 0.2) is 36.4 Å². The lowest BCUT2D eigenvalue weighted by Gasteiger charge is -2.07. The summed E-state index contributed by atoms with van der Waals surface area (Å²) in [5.74, 6) is 0.860. The first-order valence-electron chi connectivity index (χ1n) is 4.74. The summed E-state index contributed by atoms with van der Waals surface area (Å²) >= 11 is 11.8. The van der Waals surface area contributed by atoms with Crippen LogP contribution in [0.4, 0.5) is 0 Å². The van der Waals surface area contributed by atoms with Crippen molar-refractivity contribution in [2.24, 2.45) is 0 Å². The summed E-state index contributed by atoms with van der Waals surface area (Å²) in [7, 11) is 0. The second-order valence-corrected chi connectivity index (χ2v) is 3.99. The van der Waals surface area contributed by atoms with Crippen molar-refractivity contribution < 1.29 is 4.74 Å². The standard InChI is InChI=1S/C13H6Cl2NO/c14-11-5-2-6-12(13(11)15)17-10-4-1-3-9(7-10)8-16/h1-3,5-7H. The van der Waals surface area contributed by atoms with Gasteiger partial charge in [0.05, 0.1) is 16.7 Å². The Morgan fingerprint density at radius 3 is 2.82 bits per heavy atom. The van der Waals surface area contributed by atoms with Gasteiger partial charge in [0.1, 0.15) is 16.5 Å². The molecule has 0 saturated carbocycles. The quantitative estimate of drug-likeness (QED) is 0.801. The van der Waals surface area contributed by atoms with E-state index in [1.807, 2.05) is 6.07 Å². The predicted molar refractivity (Wildman–Crippen MR) is 66.5 cm³/mol. The highest BCUT2D eigenvalue weighted by Gasteiger charge is 2.06. The van der Waals surface area contributed by atoms with Crippen molar-refractivity contribution >= 4 is 23.2 Å². The average molecular weight is 263 g/mol. The number of ether oxygens (including phenoxy) is 1. The van der Waals surface area contributed by atoms with Gasteiger partial charge in [0.15, 0.2) is 0 Å². The van der Waals surface area contributed by atoms with Gasteiger partial charge in [-0.05, 0) is 30.3 Å². The molecule has 0 fully saturated rings. The lowest BCUT2D eigenvalue weighted by molar-refractivity contribution is 0.482. The smallest absolute Gasteiger partial charge is 0.147 e. The number of rotatable bonds is 2. The predicted octanol–water partition coefficient (Wildman–Crippen LogP) is 4.46.